The van der Waals surface area contributed by atoms with E-state index in [-0.39, 0.29) is 4.90 Å². The molecular weight excluding hydrogens is 418 g/mol. The van der Waals surface area contributed by atoms with Crippen LogP contribution in [0.4, 0.5) is 5.69 Å². The van der Waals surface area contributed by atoms with E-state index in [1.165, 1.54) is 6.33 Å². The summed E-state index contributed by atoms with van der Waals surface area (Å²) in [6.07, 6.45) is 3.11. The monoisotopic (exact) mass is 439 g/mol. The van der Waals surface area contributed by atoms with E-state index in [4.69, 9.17) is 4.74 Å². The van der Waals surface area contributed by atoms with Crippen molar-refractivity contribution in [1.29, 1.82) is 0 Å². The van der Waals surface area contributed by atoms with Crippen LogP contribution in [0, 0.1) is 27.7 Å². The van der Waals surface area contributed by atoms with Gasteiger partial charge in [0.15, 0.2) is 0 Å². The molecule has 11 heteroatoms. The number of nitrogens with one attached hydrogen (secondary N) is 2. The van der Waals surface area contributed by atoms with Gasteiger partial charge >= 0.3 is 0 Å². The number of ether oxygens (including phenoxy) is 1. The van der Waals surface area contributed by atoms with Crippen LogP contribution in [-0.4, -0.2) is 38.1 Å². The highest BCUT2D eigenvalue weighted by atomic mass is 32.2. The van der Waals surface area contributed by atoms with Gasteiger partial charge in [0.2, 0.25) is 5.88 Å². The lowest BCUT2D eigenvalue weighted by molar-refractivity contribution is 0.461. The van der Waals surface area contributed by atoms with Gasteiger partial charge in [0, 0.05) is 17.4 Å². The summed E-state index contributed by atoms with van der Waals surface area (Å²) in [5.41, 5.74) is 3.19. The lowest BCUT2D eigenvalue weighted by Gasteiger charge is -2.10. The van der Waals surface area contributed by atoms with E-state index in [0.717, 1.165) is 11.4 Å². The number of aromatic amines is 1. The van der Waals surface area contributed by atoms with Crippen LogP contribution in [0.1, 0.15) is 22.8 Å². The molecule has 0 fully saturated rings. The average Bonchev–Trinajstić information content (AvgIpc) is 3.25. The Morgan fingerprint density at radius 3 is 2.35 bits per heavy atom. The number of aromatic nitrogens is 6. The third kappa shape index (κ3) is 4.12. The van der Waals surface area contributed by atoms with Crippen LogP contribution < -0.4 is 9.46 Å². The van der Waals surface area contributed by atoms with Crippen molar-refractivity contribution >= 4 is 15.7 Å². The van der Waals surface area contributed by atoms with Gasteiger partial charge in [-0.1, -0.05) is 0 Å². The molecule has 160 valence electrons. The third-order valence-electron chi connectivity index (χ3n) is 4.78. The van der Waals surface area contributed by atoms with Crippen molar-refractivity contribution in [2.75, 3.05) is 4.72 Å². The summed E-state index contributed by atoms with van der Waals surface area (Å²) in [4.78, 5) is 12.8. The van der Waals surface area contributed by atoms with E-state index in [1.807, 2.05) is 18.4 Å². The van der Waals surface area contributed by atoms with Crippen LogP contribution in [0.2, 0.25) is 0 Å². The Hall–Kier alpha value is -3.73. The number of nitrogens with zero attached hydrogens (tertiary/aromatic N) is 5. The second-order valence-corrected chi connectivity index (χ2v) is 8.61. The van der Waals surface area contributed by atoms with E-state index in [0.29, 0.717) is 34.5 Å². The van der Waals surface area contributed by atoms with Gasteiger partial charge in [-0.25, -0.2) is 23.4 Å². The molecule has 0 bridgehead atoms. The van der Waals surface area contributed by atoms with E-state index >= 15 is 0 Å². The first-order chi connectivity index (χ1) is 14.7. The van der Waals surface area contributed by atoms with Gasteiger partial charge < -0.3 is 4.74 Å². The maximum Gasteiger partial charge on any atom is 0.265 e. The fraction of sp³-hybridized carbons (Fsp3) is 0.200. The van der Waals surface area contributed by atoms with Gasteiger partial charge in [0.1, 0.15) is 29.1 Å². The molecule has 0 saturated carbocycles. The summed E-state index contributed by atoms with van der Waals surface area (Å²) in [6.45, 7) is 7.18. The summed E-state index contributed by atoms with van der Waals surface area (Å²) in [5.74, 6) is 1.49. The molecule has 4 rings (SSSR count). The zero-order chi connectivity index (χ0) is 22.2. The number of anilines is 1. The number of imidazole rings is 1. The van der Waals surface area contributed by atoms with E-state index in [2.05, 4.69) is 29.9 Å². The van der Waals surface area contributed by atoms with Crippen molar-refractivity contribution in [3.63, 3.8) is 0 Å². The lowest BCUT2D eigenvalue weighted by Crippen LogP contribution is -2.14. The Morgan fingerprint density at radius 2 is 1.74 bits per heavy atom. The number of hydrogen-bond acceptors (Lipinski definition) is 7. The van der Waals surface area contributed by atoms with Gasteiger partial charge in [0.25, 0.3) is 10.0 Å². The summed E-state index contributed by atoms with van der Waals surface area (Å²) in [7, 11) is -3.76. The predicted molar refractivity (Wildman–Crippen MR) is 114 cm³/mol. The van der Waals surface area contributed by atoms with E-state index < -0.39 is 10.0 Å². The molecule has 0 aliphatic carbocycles. The molecule has 1 aromatic carbocycles. The SMILES string of the molecule is Cc1n[nH]c(C)c1S(=O)(=O)Nc1ccc(Oc2cc(-n3cnc(C)c3C)ncn2)cc1. The summed E-state index contributed by atoms with van der Waals surface area (Å²) in [6, 6.07) is 8.24. The minimum atomic E-state index is -3.76. The second-order valence-electron chi connectivity index (χ2n) is 6.99. The molecule has 0 aliphatic rings. The molecule has 0 spiro atoms. The van der Waals surface area contributed by atoms with Crippen LogP contribution in [-0.2, 0) is 10.0 Å². The summed E-state index contributed by atoms with van der Waals surface area (Å²) >= 11 is 0. The third-order valence-corrected chi connectivity index (χ3v) is 6.43. The first-order valence-electron chi connectivity index (χ1n) is 9.40. The van der Waals surface area contributed by atoms with Crippen molar-refractivity contribution in [2.24, 2.45) is 0 Å². The topological polar surface area (TPSA) is 128 Å². The zero-order valence-corrected chi connectivity index (χ0v) is 18.2. The normalized spacial score (nSPS) is 11.5. The molecule has 0 radical (unpaired) electrons. The first-order valence-corrected chi connectivity index (χ1v) is 10.9. The van der Waals surface area contributed by atoms with Gasteiger partial charge in [0.05, 0.1) is 17.1 Å². The summed E-state index contributed by atoms with van der Waals surface area (Å²) < 4.78 is 35.5. The second kappa shape index (κ2) is 7.84. The standard InChI is InChI=1S/C20H21N7O3S/c1-12-15(4)27(11-23-12)18-9-19(22-10-21-18)30-17-7-5-16(6-8-17)26-31(28,29)20-13(2)24-25-14(20)3/h5-11,26H,1-4H3,(H,24,25). The fourth-order valence-electron chi connectivity index (χ4n) is 3.10. The van der Waals surface area contributed by atoms with Gasteiger partial charge in [-0.3, -0.25) is 14.4 Å². The molecule has 3 heterocycles. The van der Waals surface area contributed by atoms with E-state index in [9.17, 15) is 8.42 Å². The first kappa shape index (κ1) is 20.5. The summed E-state index contributed by atoms with van der Waals surface area (Å²) in [5, 5.41) is 6.62. The fourth-order valence-corrected chi connectivity index (χ4v) is 4.53. The Labute approximate surface area is 179 Å². The molecule has 0 saturated heterocycles. The molecule has 0 atom stereocenters. The van der Waals surface area contributed by atoms with Gasteiger partial charge in [-0.15, -0.1) is 0 Å². The maximum absolute atomic E-state index is 12.7. The molecule has 0 aliphatic heterocycles. The number of hydrogen-bond donors (Lipinski definition) is 2. The highest BCUT2D eigenvalue weighted by Crippen LogP contribution is 2.25. The zero-order valence-electron chi connectivity index (χ0n) is 17.4. The molecule has 2 N–H and O–H groups in total. The Balaban J connectivity index is 1.51. The maximum atomic E-state index is 12.7. The van der Waals surface area contributed by atoms with E-state index in [1.54, 1.807) is 50.5 Å². The van der Waals surface area contributed by atoms with Crippen LogP contribution in [0.25, 0.3) is 5.82 Å². The molecular formula is C20H21N7O3S. The number of sulfonamides is 1. The predicted octanol–water partition coefficient (Wildman–Crippen LogP) is 3.21. The number of rotatable bonds is 6. The Morgan fingerprint density at radius 1 is 1.00 bits per heavy atom. The van der Waals surface area contributed by atoms with Gasteiger partial charge in [-0.2, -0.15) is 5.10 Å². The van der Waals surface area contributed by atoms with Gasteiger partial charge in [-0.05, 0) is 52.0 Å². The number of H-pyrrole nitrogens is 1. The van der Waals surface area contributed by atoms with Crippen molar-refractivity contribution in [3.05, 3.63) is 65.8 Å². The largest absolute Gasteiger partial charge is 0.439 e. The minimum Gasteiger partial charge on any atom is -0.439 e. The molecule has 4 aromatic rings. The minimum absolute atomic E-state index is 0.145. The number of benzene rings is 1. The molecule has 3 aromatic heterocycles. The smallest absolute Gasteiger partial charge is 0.265 e. The van der Waals surface area contributed by atoms with Crippen LogP contribution in [0.5, 0.6) is 11.6 Å². The molecule has 10 nitrogen and oxygen atoms in total. The quantitative estimate of drug-likeness (QED) is 0.472. The van der Waals surface area contributed by atoms with Crippen molar-refractivity contribution in [1.82, 2.24) is 29.7 Å². The van der Waals surface area contributed by atoms with Crippen LogP contribution in [0.3, 0.4) is 0 Å². The average molecular weight is 440 g/mol. The number of aryl methyl sites for hydroxylation is 3. The Kier molecular flexibility index (Phi) is 5.19. The molecule has 0 unspecified atom stereocenters. The highest BCUT2D eigenvalue weighted by molar-refractivity contribution is 7.92. The van der Waals surface area contributed by atoms with Crippen molar-refractivity contribution < 1.29 is 13.2 Å². The molecule has 0 amide bonds. The van der Waals surface area contributed by atoms with Crippen molar-refractivity contribution in [2.45, 2.75) is 32.6 Å². The Bertz CT molecular complexity index is 1320. The van der Waals surface area contributed by atoms with Crippen molar-refractivity contribution in [3.8, 4) is 17.4 Å². The van der Waals surface area contributed by atoms with Crippen LogP contribution in [0.15, 0.2) is 47.9 Å². The lowest BCUT2D eigenvalue weighted by atomic mass is 10.3. The van der Waals surface area contributed by atoms with Crippen LogP contribution >= 0.6 is 0 Å². The highest BCUT2D eigenvalue weighted by Gasteiger charge is 2.22. The molecule has 31 heavy (non-hydrogen) atoms.